The van der Waals surface area contributed by atoms with Gasteiger partial charge in [0.2, 0.25) is 0 Å². The summed E-state index contributed by atoms with van der Waals surface area (Å²) in [5.41, 5.74) is -0.748. The summed E-state index contributed by atoms with van der Waals surface area (Å²) in [7, 11) is 0. The van der Waals surface area contributed by atoms with Gasteiger partial charge in [-0.05, 0) is 42.7 Å². The number of benzene rings is 2. The van der Waals surface area contributed by atoms with E-state index >= 15 is 0 Å². The van der Waals surface area contributed by atoms with Gasteiger partial charge in [-0.2, -0.15) is 18.3 Å². The van der Waals surface area contributed by atoms with Crippen LogP contribution in [0.15, 0.2) is 60.7 Å². The van der Waals surface area contributed by atoms with Crippen molar-refractivity contribution < 1.29 is 23.1 Å². The Kier molecular flexibility index (Phi) is 6.36. The molecule has 0 bridgehead atoms. The predicted molar refractivity (Wildman–Crippen MR) is 117 cm³/mol. The van der Waals surface area contributed by atoms with Gasteiger partial charge in [0, 0.05) is 18.1 Å². The van der Waals surface area contributed by atoms with Crippen molar-refractivity contribution in [2.24, 2.45) is 0 Å². The lowest BCUT2D eigenvalue weighted by molar-refractivity contribution is -0.141. The number of rotatable bonds is 4. The van der Waals surface area contributed by atoms with Crippen LogP contribution in [0.3, 0.4) is 0 Å². The fourth-order valence-electron chi connectivity index (χ4n) is 3.91. The number of alkyl halides is 3. The molecule has 174 valence electrons. The van der Waals surface area contributed by atoms with Gasteiger partial charge in [0.25, 0.3) is 0 Å². The molecule has 33 heavy (non-hydrogen) atoms. The maximum Gasteiger partial charge on any atom is 0.435 e. The Morgan fingerprint density at radius 3 is 2.42 bits per heavy atom. The second kappa shape index (κ2) is 9.07. The van der Waals surface area contributed by atoms with Crippen LogP contribution in [-0.4, -0.2) is 38.9 Å². The van der Waals surface area contributed by atoms with Crippen LogP contribution in [0, 0.1) is 0 Å². The number of nitrogens with zero attached hydrogens (tertiary/aromatic N) is 3. The standard InChI is InChI=1S/C23H22ClF3N4O2/c24-17-7-4-8-18(13-17)31-19(14-20(29-31)23(25,26)27)15-28-21(32)30-11-9-22(33,10-12-30)16-5-2-1-3-6-16/h1-8,13-14,33H,9-12,15H2,(H,28,32). The van der Waals surface area contributed by atoms with Gasteiger partial charge < -0.3 is 15.3 Å². The highest BCUT2D eigenvalue weighted by molar-refractivity contribution is 6.30. The number of piperidine rings is 1. The number of hydrogen-bond acceptors (Lipinski definition) is 3. The van der Waals surface area contributed by atoms with Crippen LogP contribution in [0.1, 0.15) is 29.8 Å². The molecule has 0 saturated carbocycles. The number of aliphatic hydroxyl groups is 1. The third-order valence-electron chi connectivity index (χ3n) is 5.74. The number of amides is 2. The smallest absolute Gasteiger partial charge is 0.385 e. The molecule has 2 aromatic carbocycles. The molecular weight excluding hydrogens is 457 g/mol. The number of halogens is 4. The summed E-state index contributed by atoms with van der Waals surface area (Å²) < 4.78 is 40.9. The third kappa shape index (κ3) is 5.15. The lowest BCUT2D eigenvalue weighted by Gasteiger charge is -2.38. The molecule has 1 aromatic heterocycles. The minimum absolute atomic E-state index is 0.159. The summed E-state index contributed by atoms with van der Waals surface area (Å²) in [4.78, 5) is 14.2. The Balaban J connectivity index is 1.45. The number of hydrogen-bond donors (Lipinski definition) is 2. The number of carbonyl (C=O) groups excluding carboxylic acids is 1. The molecule has 3 aromatic rings. The van der Waals surface area contributed by atoms with Gasteiger partial charge in [0.15, 0.2) is 5.69 Å². The van der Waals surface area contributed by atoms with Crippen molar-refractivity contribution in [2.45, 2.75) is 31.2 Å². The van der Waals surface area contributed by atoms with Gasteiger partial charge in [-0.3, -0.25) is 0 Å². The molecule has 0 radical (unpaired) electrons. The summed E-state index contributed by atoms with van der Waals surface area (Å²) >= 11 is 5.98. The van der Waals surface area contributed by atoms with Crippen molar-refractivity contribution >= 4 is 17.6 Å². The first-order valence-corrected chi connectivity index (χ1v) is 10.8. The quantitative estimate of drug-likeness (QED) is 0.569. The molecule has 6 nitrogen and oxygen atoms in total. The molecule has 10 heteroatoms. The van der Waals surface area contributed by atoms with E-state index < -0.39 is 23.5 Å². The molecule has 2 N–H and O–H groups in total. The summed E-state index contributed by atoms with van der Waals surface area (Å²) in [5.74, 6) is 0. The summed E-state index contributed by atoms with van der Waals surface area (Å²) in [6.45, 7) is 0.477. The maximum absolute atomic E-state index is 13.3. The molecule has 2 heterocycles. The van der Waals surface area contributed by atoms with Crippen molar-refractivity contribution in [1.29, 1.82) is 0 Å². The number of likely N-dealkylation sites (tertiary alicyclic amines) is 1. The minimum Gasteiger partial charge on any atom is -0.385 e. The van der Waals surface area contributed by atoms with Crippen LogP contribution < -0.4 is 5.32 Å². The van der Waals surface area contributed by atoms with E-state index in [-0.39, 0.29) is 12.2 Å². The van der Waals surface area contributed by atoms with Crippen molar-refractivity contribution in [3.63, 3.8) is 0 Å². The molecular formula is C23H22ClF3N4O2. The highest BCUT2D eigenvalue weighted by Gasteiger charge is 2.36. The van der Waals surface area contributed by atoms with E-state index in [9.17, 15) is 23.1 Å². The monoisotopic (exact) mass is 478 g/mol. The number of carbonyl (C=O) groups is 1. The lowest BCUT2D eigenvalue weighted by Crippen LogP contribution is -2.48. The fourth-order valence-corrected chi connectivity index (χ4v) is 4.09. The van der Waals surface area contributed by atoms with Crippen molar-refractivity contribution in [3.8, 4) is 5.69 Å². The molecule has 4 rings (SSSR count). The number of nitrogens with one attached hydrogen (secondary N) is 1. The fraction of sp³-hybridized carbons (Fsp3) is 0.304. The first-order valence-electron chi connectivity index (χ1n) is 10.4. The molecule has 0 unspecified atom stereocenters. The van der Waals surface area contributed by atoms with E-state index in [0.717, 1.165) is 16.3 Å². The zero-order valence-electron chi connectivity index (χ0n) is 17.5. The summed E-state index contributed by atoms with van der Waals surface area (Å²) in [6.07, 6.45) is -3.90. The molecule has 0 atom stereocenters. The van der Waals surface area contributed by atoms with E-state index in [1.165, 1.54) is 6.07 Å². The van der Waals surface area contributed by atoms with Crippen LogP contribution >= 0.6 is 11.6 Å². The van der Waals surface area contributed by atoms with Gasteiger partial charge >= 0.3 is 12.2 Å². The zero-order valence-corrected chi connectivity index (χ0v) is 18.3. The molecule has 1 aliphatic rings. The SMILES string of the molecule is O=C(NCc1cc(C(F)(F)F)nn1-c1cccc(Cl)c1)N1CCC(O)(c2ccccc2)CC1. The lowest BCUT2D eigenvalue weighted by atomic mass is 9.84. The summed E-state index contributed by atoms with van der Waals surface area (Å²) in [6, 6.07) is 16.1. The van der Waals surface area contributed by atoms with Crippen molar-refractivity contribution in [3.05, 3.63) is 82.6 Å². The van der Waals surface area contributed by atoms with Crippen LogP contribution in [-0.2, 0) is 18.3 Å². The predicted octanol–water partition coefficient (Wildman–Crippen LogP) is 4.74. The molecule has 1 fully saturated rings. The Morgan fingerprint density at radius 2 is 1.79 bits per heavy atom. The molecule has 0 aliphatic carbocycles. The maximum atomic E-state index is 13.3. The highest BCUT2D eigenvalue weighted by atomic mass is 35.5. The second-order valence-electron chi connectivity index (χ2n) is 7.95. The largest absolute Gasteiger partial charge is 0.435 e. The van der Waals surface area contributed by atoms with Crippen LogP contribution in [0.4, 0.5) is 18.0 Å². The van der Waals surface area contributed by atoms with Crippen molar-refractivity contribution in [2.75, 3.05) is 13.1 Å². The first-order chi connectivity index (χ1) is 15.7. The van der Waals surface area contributed by atoms with Gasteiger partial charge in [-0.15, -0.1) is 0 Å². The Morgan fingerprint density at radius 1 is 1.09 bits per heavy atom. The van der Waals surface area contributed by atoms with Crippen molar-refractivity contribution in [1.82, 2.24) is 20.0 Å². The first kappa shape index (κ1) is 23.1. The average Bonchev–Trinajstić information content (AvgIpc) is 3.24. The third-order valence-corrected chi connectivity index (χ3v) is 5.97. The van der Waals surface area contributed by atoms with Gasteiger partial charge in [-0.1, -0.05) is 48.0 Å². The molecule has 1 saturated heterocycles. The Bertz CT molecular complexity index is 1130. The van der Waals surface area contributed by atoms with E-state index in [0.29, 0.717) is 36.6 Å². The van der Waals surface area contributed by atoms with Gasteiger partial charge in [0.1, 0.15) is 0 Å². The zero-order chi connectivity index (χ0) is 23.6. The van der Waals surface area contributed by atoms with E-state index in [2.05, 4.69) is 10.4 Å². The molecule has 0 spiro atoms. The Labute approximate surface area is 193 Å². The molecule has 1 aliphatic heterocycles. The van der Waals surface area contributed by atoms with Gasteiger partial charge in [0.05, 0.1) is 23.5 Å². The number of urea groups is 1. The second-order valence-corrected chi connectivity index (χ2v) is 8.39. The topological polar surface area (TPSA) is 70.4 Å². The van der Waals surface area contributed by atoms with Gasteiger partial charge in [-0.25, -0.2) is 9.48 Å². The Hall–Kier alpha value is -3.04. The minimum atomic E-state index is -4.63. The van der Waals surface area contributed by atoms with Crippen LogP contribution in [0.25, 0.3) is 5.69 Å². The van der Waals surface area contributed by atoms with E-state index in [1.54, 1.807) is 23.1 Å². The number of aromatic nitrogens is 2. The van der Waals surface area contributed by atoms with Crippen LogP contribution in [0.5, 0.6) is 0 Å². The molecule has 2 amide bonds. The van der Waals surface area contributed by atoms with E-state index in [1.807, 2.05) is 30.3 Å². The normalized spacial score (nSPS) is 16.0. The summed E-state index contributed by atoms with van der Waals surface area (Å²) in [5, 5.41) is 17.6. The average molecular weight is 479 g/mol. The van der Waals surface area contributed by atoms with Crippen LogP contribution in [0.2, 0.25) is 5.02 Å². The van der Waals surface area contributed by atoms with E-state index in [4.69, 9.17) is 11.6 Å². The highest BCUT2D eigenvalue weighted by Crippen LogP contribution is 2.33.